The summed E-state index contributed by atoms with van der Waals surface area (Å²) in [4.78, 5) is 30.8. The number of Topliss-reactive ketones (excluding diaryl/α,β-unsaturated/α-hetero) is 1. The van der Waals surface area contributed by atoms with Gasteiger partial charge in [0, 0.05) is 5.56 Å². The summed E-state index contributed by atoms with van der Waals surface area (Å²) in [5.74, 6) is -1.01. The molecule has 1 aromatic carbocycles. The maximum atomic E-state index is 12.6. The van der Waals surface area contributed by atoms with E-state index in [-0.39, 0.29) is 16.7 Å². The van der Waals surface area contributed by atoms with Crippen LogP contribution in [0.15, 0.2) is 22.7 Å². The van der Waals surface area contributed by atoms with Crippen LogP contribution in [0.5, 0.6) is 0 Å². The van der Waals surface area contributed by atoms with Gasteiger partial charge in [0.25, 0.3) is 0 Å². The van der Waals surface area contributed by atoms with E-state index in [1.807, 2.05) is 0 Å². The highest BCUT2D eigenvalue weighted by molar-refractivity contribution is 9.10. The second-order valence-electron chi connectivity index (χ2n) is 3.44. The highest BCUT2D eigenvalue weighted by Gasteiger charge is 2.03. The molecule has 0 unspecified atom stereocenters. The van der Waals surface area contributed by atoms with Crippen LogP contribution < -0.4 is 0 Å². The Morgan fingerprint density at radius 3 is 2.47 bits per heavy atom. The van der Waals surface area contributed by atoms with Crippen LogP contribution in [0.1, 0.15) is 30.6 Å². The van der Waals surface area contributed by atoms with Gasteiger partial charge in [-0.3, -0.25) is 14.4 Å². The van der Waals surface area contributed by atoms with E-state index in [1.54, 1.807) is 13.0 Å². The molecule has 0 aliphatic rings. The van der Waals surface area contributed by atoms with Gasteiger partial charge in [0.1, 0.15) is 18.0 Å². The predicted octanol–water partition coefficient (Wildman–Crippen LogP) is 2.93. The van der Waals surface area contributed by atoms with Crippen molar-refractivity contribution < 1.29 is 23.5 Å². The van der Waals surface area contributed by atoms with Gasteiger partial charge < -0.3 is 4.74 Å². The fraction of sp³-hybridized carbons (Fsp3) is 0.308. The minimum absolute atomic E-state index is 0.103. The topological polar surface area (TPSA) is 60.4 Å². The minimum atomic E-state index is -0.440. The van der Waals surface area contributed by atoms with E-state index in [0.717, 1.165) is 0 Å². The molecule has 0 atom stereocenters. The van der Waals surface area contributed by atoms with Gasteiger partial charge in [-0.05, 0) is 35.8 Å². The molecule has 0 saturated carbocycles. The predicted molar refractivity (Wildman–Crippen MR) is 71.4 cm³/mol. The first-order valence-electron chi connectivity index (χ1n) is 5.46. The second kappa shape index (κ2) is 9.38. The quantitative estimate of drug-likeness (QED) is 0.483. The summed E-state index contributed by atoms with van der Waals surface area (Å²) in [6, 6.07) is 4.32. The molecule has 104 valence electrons. The molecular weight excluding hydrogens is 319 g/mol. The van der Waals surface area contributed by atoms with Crippen molar-refractivity contribution in [2.75, 3.05) is 6.61 Å². The number of hydrogen-bond donors (Lipinski definition) is 0. The first-order valence-corrected chi connectivity index (χ1v) is 6.25. The summed E-state index contributed by atoms with van der Waals surface area (Å²) in [6.07, 6.45) is 0.501. The molecule has 0 saturated heterocycles. The van der Waals surface area contributed by atoms with E-state index in [9.17, 15) is 18.8 Å². The fourth-order valence-corrected chi connectivity index (χ4v) is 1.38. The Morgan fingerprint density at radius 1 is 1.42 bits per heavy atom. The number of carbonyl (C=O) groups excluding carboxylic acids is 3. The average molecular weight is 333 g/mol. The van der Waals surface area contributed by atoms with Gasteiger partial charge in [0.05, 0.1) is 11.1 Å². The van der Waals surface area contributed by atoms with Gasteiger partial charge in [0.2, 0.25) is 0 Å². The third-order valence-electron chi connectivity index (χ3n) is 1.81. The summed E-state index contributed by atoms with van der Waals surface area (Å²) in [7, 11) is 0. The lowest BCUT2D eigenvalue weighted by molar-refractivity contribution is -0.145. The Balaban J connectivity index is 0.000000344. The first-order chi connectivity index (χ1) is 8.92. The highest BCUT2D eigenvalue weighted by atomic mass is 79.9. The zero-order chi connectivity index (χ0) is 14.8. The lowest BCUT2D eigenvalue weighted by Crippen LogP contribution is -2.07. The Kier molecular flexibility index (Phi) is 8.61. The van der Waals surface area contributed by atoms with Crippen molar-refractivity contribution >= 4 is 34.0 Å². The van der Waals surface area contributed by atoms with E-state index in [2.05, 4.69) is 20.7 Å². The molecule has 0 aromatic heterocycles. The Hall–Kier alpha value is -1.56. The lowest BCUT2D eigenvalue weighted by Gasteiger charge is -1.96. The molecule has 0 fully saturated rings. The number of ketones is 1. The third-order valence-corrected chi connectivity index (χ3v) is 2.64. The average Bonchev–Trinajstić information content (AvgIpc) is 2.33. The molecule has 4 nitrogen and oxygen atoms in total. The first kappa shape index (κ1) is 17.4. The molecule has 0 spiro atoms. The zero-order valence-corrected chi connectivity index (χ0v) is 12.2. The summed E-state index contributed by atoms with van der Waals surface area (Å²) in [6.45, 7) is 3.40. The number of hydrogen-bond acceptors (Lipinski definition) is 4. The molecule has 1 aromatic rings. The van der Waals surface area contributed by atoms with Crippen LogP contribution in [0.3, 0.4) is 0 Å². The van der Waals surface area contributed by atoms with E-state index in [4.69, 9.17) is 0 Å². The zero-order valence-electron chi connectivity index (χ0n) is 10.6. The van der Waals surface area contributed by atoms with Crippen LogP contribution in [0.2, 0.25) is 0 Å². The van der Waals surface area contributed by atoms with Gasteiger partial charge in [-0.25, -0.2) is 4.39 Å². The van der Waals surface area contributed by atoms with Crippen LogP contribution in [-0.4, -0.2) is 24.6 Å². The van der Waals surface area contributed by atoms with Crippen molar-refractivity contribution in [1.29, 1.82) is 0 Å². The molecular formula is C13H14BrFO4. The molecule has 0 bridgehead atoms. The van der Waals surface area contributed by atoms with E-state index >= 15 is 0 Å². The van der Waals surface area contributed by atoms with Gasteiger partial charge in [-0.1, -0.05) is 12.1 Å². The van der Waals surface area contributed by atoms with Gasteiger partial charge in [0.15, 0.2) is 6.29 Å². The summed E-state index contributed by atoms with van der Waals surface area (Å²) < 4.78 is 17.3. The molecule has 0 aliphatic heterocycles. The normalized spacial score (nSPS) is 9.05. The molecule has 0 N–H and O–H groups in total. The maximum Gasteiger partial charge on any atom is 0.313 e. The second-order valence-corrected chi connectivity index (χ2v) is 4.24. The van der Waals surface area contributed by atoms with Gasteiger partial charge >= 0.3 is 5.97 Å². The van der Waals surface area contributed by atoms with Gasteiger partial charge in [-0.15, -0.1) is 0 Å². The van der Waals surface area contributed by atoms with Crippen LogP contribution in [0.25, 0.3) is 0 Å². The molecule has 0 radical (unpaired) electrons. The monoisotopic (exact) mass is 332 g/mol. The Morgan fingerprint density at radius 2 is 2.05 bits per heavy atom. The van der Waals surface area contributed by atoms with E-state index in [1.165, 1.54) is 19.1 Å². The largest absolute Gasteiger partial charge is 0.466 e. The number of carbonyl (C=O) groups is 3. The number of aldehydes is 1. The van der Waals surface area contributed by atoms with Crippen molar-refractivity contribution in [3.8, 4) is 0 Å². The molecule has 0 heterocycles. The third kappa shape index (κ3) is 7.46. The van der Waals surface area contributed by atoms with Crippen molar-refractivity contribution in [2.24, 2.45) is 0 Å². The standard InChI is InChI=1S/C7H4BrFO.C6H10O3/c8-7-5(4-10)2-1-3-6(7)9;1-3-9-6(8)4-5(2)7/h1-4H;3-4H2,1-2H3. The number of esters is 1. The molecule has 0 amide bonds. The van der Waals surface area contributed by atoms with E-state index in [0.29, 0.717) is 18.5 Å². The lowest BCUT2D eigenvalue weighted by atomic mass is 10.2. The summed E-state index contributed by atoms with van der Waals surface area (Å²) in [5.41, 5.74) is 0.333. The summed E-state index contributed by atoms with van der Waals surface area (Å²) >= 11 is 2.93. The van der Waals surface area contributed by atoms with Crippen LogP contribution in [0, 0.1) is 5.82 Å². The van der Waals surface area contributed by atoms with Crippen LogP contribution >= 0.6 is 15.9 Å². The van der Waals surface area contributed by atoms with Crippen LogP contribution in [-0.2, 0) is 14.3 Å². The minimum Gasteiger partial charge on any atom is -0.466 e. The van der Waals surface area contributed by atoms with Crippen molar-refractivity contribution in [1.82, 2.24) is 0 Å². The number of rotatable bonds is 4. The number of benzene rings is 1. The maximum absolute atomic E-state index is 12.6. The van der Waals surface area contributed by atoms with Crippen molar-refractivity contribution in [3.05, 3.63) is 34.1 Å². The number of ether oxygens (including phenoxy) is 1. The fourth-order valence-electron chi connectivity index (χ4n) is 1.03. The van der Waals surface area contributed by atoms with Gasteiger partial charge in [-0.2, -0.15) is 0 Å². The SMILES string of the molecule is CCOC(=O)CC(C)=O.O=Cc1cccc(F)c1Br. The van der Waals surface area contributed by atoms with Crippen molar-refractivity contribution in [2.45, 2.75) is 20.3 Å². The van der Waals surface area contributed by atoms with E-state index < -0.39 is 11.8 Å². The number of halogens is 2. The Labute approximate surface area is 119 Å². The highest BCUT2D eigenvalue weighted by Crippen LogP contribution is 2.18. The summed E-state index contributed by atoms with van der Waals surface area (Å²) in [5, 5.41) is 0. The van der Waals surface area contributed by atoms with Crippen LogP contribution in [0.4, 0.5) is 4.39 Å². The Bertz CT molecular complexity index is 460. The smallest absolute Gasteiger partial charge is 0.313 e. The van der Waals surface area contributed by atoms with Crippen molar-refractivity contribution in [3.63, 3.8) is 0 Å². The molecule has 0 aliphatic carbocycles. The molecule has 1 rings (SSSR count). The molecule has 6 heteroatoms. The molecule has 19 heavy (non-hydrogen) atoms.